The van der Waals surface area contributed by atoms with Crippen molar-refractivity contribution >= 4 is 27.9 Å². The Morgan fingerprint density at radius 2 is 2.11 bits per heavy atom. The van der Waals surface area contributed by atoms with Crippen LogP contribution < -0.4 is 10.1 Å². The summed E-state index contributed by atoms with van der Waals surface area (Å²) in [4.78, 5) is 24.5. The Hall–Kier alpha value is -2.92. The van der Waals surface area contributed by atoms with Gasteiger partial charge in [-0.2, -0.15) is 5.26 Å². The van der Waals surface area contributed by atoms with Crippen molar-refractivity contribution in [3.05, 3.63) is 49.9 Å². The summed E-state index contributed by atoms with van der Waals surface area (Å²) in [7, 11) is 0. The van der Waals surface area contributed by atoms with Crippen LogP contribution in [0.2, 0.25) is 0 Å². The van der Waals surface area contributed by atoms with Crippen molar-refractivity contribution < 1.29 is 14.5 Å². The fraction of sp³-hybridized carbons (Fsp3) is 0.400. The van der Waals surface area contributed by atoms with Gasteiger partial charge >= 0.3 is 5.69 Å². The number of hydrogen-bond donors (Lipinski definition) is 1. The van der Waals surface area contributed by atoms with E-state index in [4.69, 9.17) is 4.74 Å². The number of nitro groups is 1. The highest BCUT2D eigenvalue weighted by molar-refractivity contribution is 7.16. The molecule has 1 aliphatic rings. The second-order valence-electron chi connectivity index (χ2n) is 6.86. The molecule has 28 heavy (non-hydrogen) atoms. The molecule has 0 radical (unpaired) electrons. The highest BCUT2D eigenvalue weighted by Gasteiger charge is 2.25. The van der Waals surface area contributed by atoms with Crippen LogP contribution >= 0.6 is 11.3 Å². The molecule has 146 valence electrons. The molecule has 1 aromatic carbocycles. The third-order valence-electron chi connectivity index (χ3n) is 4.75. The largest absolute Gasteiger partial charge is 0.474 e. The van der Waals surface area contributed by atoms with Gasteiger partial charge in [0.2, 0.25) is 0 Å². The summed E-state index contributed by atoms with van der Waals surface area (Å²) in [5.74, 6) is -0.400. The lowest BCUT2D eigenvalue weighted by Crippen LogP contribution is -2.30. The molecular formula is C20H21N3O4S. The number of aryl methyl sites for hydroxylation is 2. The zero-order valence-electron chi connectivity index (χ0n) is 15.8. The maximum absolute atomic E-state index is 12.6. The molecule has 0 saturated heterocycles. The Morgan fingerprint density at radius 1 is 1.36 bits per heavy atom. The van der Waals surface area contributed by atoms with E-state index in [1.807, 2.05) is 0 Å². The fourth-order valence-corrected chi connectivity index (χ4v) is 4.52. The number of amides is 1. The molecule has 7 nitrogen and oxygen atoms in total. The number of nitriles is 1. The normalized spacial score (nSPS) is 14.3. The minimum atomic E-state index is -0.949. The average molecular weight is 399 g/mol. The van der Waals surface area contributed by atoms with Crippen LogP contribution in [0.15, 0.2) is 18.2 Å². The number of thiophene rings is 1. The zero-order chi connectivity index (χ0) is 20.3. The topological polar surface area (TPSA) is 105 Å². The van der Waals surface area contributed by atoms with Crippen molar-refractivity contribution in [2.75, 3.05) is 5.32 Å². The van der Waals surface area contributed by atoms with Crippen molar-refractivity contribution in [1.82, 2.24) is 0 Å². The van der Waals surface area contributed by atoms with Gasteiger partial charge in [0, 0.05) is 10.9 Å². The van der Waals surface area contributed by atoms with Crippen LogP contribution in [0.1, 0.15) is 47.8 Å². The van der Waals surface area contributed by atoms with Gasteiger partial charge in [-0.05, 0) is 56.7 Å². The van der Waals surface area contributed by atoms with E-state index in [9.17, 15) is 20.2 Å². The zero-order valence-corrected chi connectivity index (χ0v) is 16.6. The molecule has 0 bridgehead atoms. The molecule has 0 spiro atoms. The number of nitrogens with zero attached hydrogens (tertiary/aromatic N) is 2. The maximum Gasteiger partial charge on any atom is 0.311 e. The number of carbonyl (C=O) groups excluding carboxylic acids is 1. The van der Waals surface area contributed by atoms with Gasteiger partial charge in [0.1, 0.15) is 11.1 Å². The number of fused-ring (bicyclic) bond motifs is 1. The Labute approximate surface area is 167 Å². The lowest BCUT2D eigenvalue weighted by molar-refractivity contribution is -0.386. The van der Waals surface area contributed by atoms with Gasteiger partial charge in [-0.15, -0.1) is 11.3 Å². The summed E-state index contributed by atoms with van der Waals surface area (Å²) in [5.41, 5.74) is 2.13. The van der Waals surface area contributed by atoms with Gasteiger partial charge in [0.05, 0.1) is 10.5 Å². The first kappa shape index (κ1) is 19.8. The second-order valence-corrected chi connectivity index (χ2v) is 7.96. The summed E-state index contributed by atoms with van der Waals surface area (Å²) in [5, 5.41) is 24.1. The number of carbonyl (C=O) groups is 1. The van der Waals surface area contributed by atoms with E-state index in [1.54, 1.807) is 13.0 Å². The van der Waals surface area contributed by atoms with Crippen LogP contribution in [0, 0.1) is 28.4 Å². The van der Waals surface area contributed by atoms with E-state index in [-0.39, 0.29) is 11.4 Å². The number of hydrogen-bond acceptors (Lipinski definition) is 6. The van der Waals surface area contributed by atoms with Crippen molar-refractivity contribution in [2.45, 2.75) is 52.1 Å². The van der Waals surface area contributed by atoms with Crippen molar-refractivity contribution in [3.8, 4) is 11.8 Å². The predicted octanol–water partition coefficient (Wildman–Crippen LogP) is 4.51. The van der Waals surface area contributed by atoms with Crippen molar-refractivity contribution in [1.29, 1.82) is 5.26 Å². The van der Waals surface area contributed by atoms with Crippen LogP contribution in [0.5, 0.6) is 5.75 Å². The summed E-state index contributed by atoms with van der Waals surface area (Å²) in [6.45, 7) is 3.28. The molecule has 8 heteroatoms. The smallest absolute Gasteiger partial charge is 0.311 e. The van der Waals surface area contributed by atoms with E-state index < -0.39 is 16.9 Å². The van der Waals surface area contributed by atoms with Crippen molar-refractivity contribution in [2.24, 2.45) is 0 Å². The van der Waals surface area contributed by atoms with Gasteiger partial charge in [-0.1, -0.05) is 12.5 Å². The monoisotopic (exact) mass is 399 g/mol. The lowest BCUT2D eigenvalue weighted by atomic mass is 10.1. The number of nitro benzene ring substituents is 1. The molecule has 0 fully saturated rings. The van der Waals surface area contributed by atoms with Crippen LogP contribution in [-0.4, -0.2) is 16.9 Å². The first-order chi connectivity index (χ1) is 13.4. The summed E-state index contributed by atoms with van der Waals surface area (Å²) >= 11 is 1.44. The van der Waals surface area contributed by atoms with E-state index in [0.717, 1.165) is 48.1 Å². The highest BCUT2D eigenvalue weighted by Crippen LogP contribution is 2.37. The lowest BCUT2D eigenvalue weighted by Gasteiger charge is -2.14. The molecular weight excluding hydrogens is 378 g/mol. The predicted molar refractivity (Wildman–Crippen MR) is 107 cm³/mol. The molecule has 1 aliphatic carbocycles. The molecule has 3 rings (SSSR count). The summed E-state index contributed by atoms with van der Waals surface area (Å²) in [6, 6.07) is 6.81. The van der Waals surface area contributed by atoms with Crippen molar-refractivity contribution in [3.63, 3.8) is 0 Å². The van der Waals surface area contributed by atoms with E-state index in [1.165, 1.54) is 30.4 Å². The Kier molecular flexibility index (Phi) is 5.95. The second kappa shape index (κ2) is 8.40. The molecule has 0 unspecified atom stereocenters. The standard InChI is InChI=1S/C20H21N3O4S/c1-12-8-9-17(16(10-12)23(25)26)27-13(2)19(24)22-20-15(11-21)14-6-4-3-5-7-18(14)28-20/h8-10,13H,3-7H2,1-2H3,(H,22,24)/t13-/m0/s1. The number of benzene rings is 1. The summed E-state index contributed by atoms with van der Waals surface area (Å²) in [6.07, 6.45) is 4.10. The van der Waals surface area contributed by atoms with Gasteiger partial charge < -0.3 is 10.1 Å². The average Bonchev–Trinajstić information content (AvgIpc) is 2.82. The molecule has 0 aliphatic heterocycles. The Morgan fingerprint density at radius 3 is 2.82 bits per heavy atom. The first-order valence-corrected chi connectivity index (χ1v) is 9.99. The summed E-state index contributed by atoms with van der Waals surface area (Å²) < 4.78 is 5.56. The van der Waals surface area contributed by atoms with E-state index in [2.05, 4.69) is 11.4 Å². The van der Waals surface area contributed by atoms with Crippen LogP contribution in [-0.2, 0) is 17.6 Å². The minimum absolute atomic E-state index is 0.0423. The number of anilines is 1. The molecule has 1 heterocycles. The third-order valence-corrected chi connectivity index (χ3v) is 5.96. The molecule has 2 aromatic rings. The van der Waals surface area contributed by atoms with Gasteiger partial charge in [-0.3, -0.25) is 14.9 Å². The molecule has 1 atom stereocenters. The Bertz CT molecular complexity index is 961. The Balaban J connectivity index is 1.77. The number of nitrogens with one attached hydrogen (secondary N) is 1. The van der Waals surface area contributed by atoms with Crippen LogP contribution in [0.3, 0.4) is 0 Å². The van der Waals surface area contributed by atoms with Gasteiger partial charge in [0.25, 0.3) is 5.91 Å². The maximum atomic E-state index is 12.6. The van der Waals surface area contributed by atoms with Gasteiger partial charge in [0.15, 0.2) is 11.9 Å². The van der Waals surface area contributed by atoms with E-state index in [0.29, 0.717) is 10.6 Å². The third kappa shape index (κ3) is 4.15. The van der Waals surface area contributed by atoms with Crippen LogP contribution in [0.25, 0.3) is 0 Å². The minimum Gasteiger partial charge on any atom is -0.474 e. The SMILES string of the molecule is Cc1ccc(O[C@@H](C)C(=O)Nc2sc3c(c2C#N)CCCCC3)c([N+](=O)[O-])c1. The highest BCUT2D eigenvalue weighted by atomic mass is 32.1. The van der Waals surface area contributed by atoms with E-state index >= 15 is 0 Å². The molecule has 1 N–H and O–H groups in total. The van der Waals surface area contributed by atoms with Gasteiger partial charge in [-0.25, -0.2) is 0 Å². The van der Waals surface area contributed by atoms with Crippen LogP contribution in [0.4, 0.5) is 10.7 Å². The fourth-order valence-electron chi connectivity index (χ4n) is 3.28. The molecule has 1 amide bonds. The number of ether oxygens (including phenoxy) is 1. The quantitative estimate of drug-likeness (QED) is 0.452. The molecule has 1 aromatic heterocycles. The number of rotatable bonds is 5. The first-order valence-electron chi connectivity index (χ1n) is 9.18. The molecule has 0 saturated carbocycles.